The maximum Gasteiger partial charge on any atom is 0.340 e. The van der Waals surface area contributed by atoms with Crippen LogP contribution in [0, 0.1) is 6.92 Å². The summed E-state index contributed by atoms with van der Waals surface area (Å²) < 4.78 is 3.90. The average Bonchev–Trinajstić information content (AvgIpc) is 2.86. The lowest BCUT2D eigenvalue weighted by Gasteiger charge is -2.13. The molecule has 9 heteroatoms. The number of rotatable bonds is 4. The van der Waals surface area contributed by atoms with Gasteiger partial charge in [-0.15, -0.1) is 11.8 Å². The maximum atomic E-state index is 11.8. The summed E-state index contributed by atoms with van der Waals surface area (Å²) in [7, 11) is 0. The Morgan fingerprint density at radius 2 is 2.26 bits per heavy atom. The Bertz CT molecular complexity index is 543. The Morgan fingerprint density at radius 1 is 1.53 bits per heavy atom. The number of hydrogen-bond donors (Lipinski definition) is 2. The first-order valence-electron chi connectivity index (χ1n) is 5.34. The minimum atomic E-state index is -1.13. The van der Waals surface area contributed by atoms with E-state index in [0.29, 0.717) is 17.3 Å². The number of carbonyl (C=O) groups is 3. The fourth-order valence-electron chi connectivity index (χ4n) is 1.59. The van der Waals surface area contributed by atoms with Gasteiger partial charge < -0.3 is 15.3 Å². The number of nitrogens with one attached hydrogen (secondary N) is 1. The molecule has 0 saturated carbocycles. The molecule has 0 radical (unpaired) electrons. The Balaban J connectivity index is 2.03. The largest absolute Gasteiger partial charge is 0.478 e. The first-order valence-corrected chi connectivity index (χ1v) is 7.26. The second-order valence-electron chi connectivity index (χ2n) is 3.89. The van der Waals surface area contributed by atoms with Crippen molar-refractivity contribution >= 4 is 46.1 Å². The lowest BCUT2D eigenvalue weighted by atomic mass is 10.2. The van der Waals surface area contributed by atoms with Crippen LogP contribution in [0.15, 0.2) is 0 Å². The second-order valence-corrected chi connectivity index (χ2v) is 5.62. The molecular formula is C10H11N3O4S2. The van der Waals surface area contributed by atoms with Crippen molar-refractivity contribution in [2.24, 2.45) is 0 Å². The third-order valence-corrected chi connectivity index (χ3v) is 4.29. The van der Waals surface area contributed by atoms with Gasteiger partial charge in [0.15, 0.2) is 0 Å². The van der Waals surface area contributed by atoms with Crippen LogP contribution in [0.4, 0.5) is 5.00 Å². The van der Waals surface area contributed by atoms with E-state index in [0.717, 1.165) is 11.5 Å². The topological polar surface area (TPSA) is 99.6 Å². The van der Waals surface area contributed by atoms with Crippen LogP contribution < -0.4 is 5.32 Å². The molecule has 2 N–H and O–H groups in total. The number of nitrogens with zero attached hydrogens (tertiary/aromatic N) is 2. The summed E-state index contributed by atoms with van der Waals surface area (Å²) in [6, 6.07) is 0. The van der Waals surface area contributed by atoms with Gasteiger partial charge in [0.25, 0.3) is 0 Å². The van der Waals surface area contributed by atoms with Crippen molar-refractivity contribution in [3.8, 4) is 0 Å². The van der Waals surface area contributed by atoms with Crippen LogP contribution in [0.2, 0.25) is 0 Å². The number of thioether (sulfide) groups is 1. The van der Waals surface area contributed by atoms with Gasteiger partial charge in [0.2, 0.25) is 11.8 Å². The van der Waals surface area contributed by atoms with E-state index in [9.17, 15) is 14.4 Å². The maximum absolute atomic E-state index is 11.8. The molecule has 0 bridgehead atoms. The summed E-state index contributed by atoms with van der Waals surface area (Å²) in [5.41, 5.74) is 0.362. The third kappa shape index (κ3) is 3.04. The van der Waals surface area contributed by atoms with Gasteiger partial charge in [-0.2, -0.15) is 4.37 Å². The fourth-order valence-corrected chi connectivity index (χ4v) is 3.30. The minimum Gasteiger partial charge on any atom is -0.478 e. The number of aryl methyl sites for hydroxylation is 1. The molecule has 1 aromatic rings. The first kappa shape index (κ1) is 13.8. The SMILES string of the molecule is Cc1nsc(NC(=O)CN2CSCC2=O)c1C(=O)O. The highest BCUT2D eigenvalue weighted by Crippen LogP contribution is 2.24. The van der Waals surface area contributed by atoms with Crippen molar-refractivity contribution in [1.29, 1.82) is 0 Å². The van der Waals surface area contributed by atoms with Crippen molar-refractivity contribution < 1.29 is 19.5 Å². The first-order chi connectivity index (χ1) is 8.99. The normalized spacial score (nSPS) is 14.8. The van der Waals surface area contributed by atoms with Crippen molar-refractivity contribution in [2.45, 2.75) is 6.92 Å². The molecule has 7 nitrogen and oxygen atoms in total. The lowest BCUT2D eigenvalue weighted by molar-refractivity contribution is -0.130. The predicted molar refractivity (Wildman–Crippen MR) is 71.5 cm³/mol. The van der Waals surface area contributed by atoms with Crippen LogP contribution in [0.1, 0.15) is 16.1 Å². The van der Waals surface area contributed by atoms with Crippen LogP contribution in [0.5, 0.6) is 0 Å². The van der Waals surface area contributed by atoms with Crippen LogP contribution in [0.3, 0.4) is 0 Å². The van der Waals surface area contributed by atoms with E-state index in [-0.39, 0.29) is 23.0 Å². The Labute approximate surface area is 117 Å². The van der Waals surface area contributed by atoms with E-state index < -0.39 is 11.9 Å². The van der Waals surface area contributed by atoms with Gasteiger partial charge in [-0.25, -0.2) is 4.79 Å². The van der Waals surface area contributed by atoms with Crippen LogP contribution in [-0.4, -0.2) is 50.3 Å². The van der Waals surface area contributed by atoms with Gasteiger partial charge in [0.1, 0.15) is 17.1 Å². The van der Waals surface area contributed by atoms with Gasteiger partial charge in [0, 0.05) is 0 Å². The highest BCUT2D eigenvalue weighted by molar-refractivity contribution is 8.00. The Hall–Kier alpha value is -1.61. The highest BCUT2D eigenvalue weighted by atomic mass is 32.2. The Morgan fingerprint density at radius 3 is 2.84 bits per heavy atom. The van der Waals surface area contributed by atoms with E-state index in [1.165, 1.54) is 16.7 Å². The summed E-state index contributed by atoms with van der Waals surface area (Å²) in [4.78, 5) is 35.6. The fraction of sp³-hybridized carbons (Fsp3) is 0.400. The molecule has 1 aliphatic rings. The van der Waals surface area contributed by atoms with Gasteiger partial charge in [-0.3, -0.25) is 9.59 Å². The van der Waals surface area contributed by atoms with Crippen LogP contribution >= 0.6 is 23.3 Å². The summed E-state index contributed by atoms with van der Waals surface area (Å²) in [6.07, 6.45) is 0. The predicted octanol–water partition coefficient (Wildman–Crippen LogP) is 0.621. The van der Waals surface area contributed by atoms with Crippen molar-refractivity contribution in [3.05, 3.63) is 11.3 Å². The number of carboxylic acid groups (broad SMARTS) is 1. The van der Waals surface area contributed by atoms with E-state index in [2.05, 4.69) is 9.69 Å². The highest BCUT2D eigenvalue weighted by Gasteiger charge is 2.24. The number of carboxylic acids is 1. The number of aromatic carboxylic acids is 1. The number of hydrogen-bond acceptors (Lipinski definition) is 6. The number of amides is 2. The van der Waals surface area contributed by atoms with E-state index >= 15 is 0 Å². The Kier molecular flexibility index (Phi) is 4.05. The quantitative estimate of drug-likeness (QED) is 0.846. The molecule has 1 saturated heterocycles. The monoisotopic (exact) mass is 301 g/mol. The molecule has 102 valence electrons. The van der Waals surface area contributed by atoms with Crippen molar-refractivity contribution in [1.82, 2.24) is 9.27 Å². The summed E-state index contributed by atoms with van der Waals surface area (Å²) >= 11 is 2.36. The molecule has 0 aromatic carbocycles. The number of anilines is 1. The molecular weight excluding hydrogens is 290 g/mol. The summed E-state index contributed by atoms with van der Waals surface area (Å²) in [6.45, 7) is 1.50. The molecule has 1 aliphatic heterocycles. The van der Waals surface area contributed by atoms with Crippen molar-refractivity contribution in [3.63, 3.8) is 0 Å². The van der Waals surface area contributed by atoms with Crippen LogP contribution in [0.25, 0.3) is 0 Å². The van der Waals surface area contributed by atoms with Gasteiger partial charge >= 0.3 is 5.97 Å². The average molecular weight is 301 g/mol. The van der Waals surface area contributed by atoms with Crippen LogP contribution in [-0.2, 0) is 9.59 Å². The standard InChI is InChI=1S/C10H11N3O4S2/c1-5-8(10(16)17)9(19-12-5)11-6(14)2-13-4-18-3-7(13)15/h2-4H2,1H3,(H,11,14)(H,16,17). The zero-order valence-electron chi connectivity index (χ0n) is 10.0. The molecule has 2 rings (SSSR count). The molecule has 0 unspecified atom stereocenters. The second kappa shape index (κ2) is 5.57. The van der Waals surface area contributed by atoms with Gasteiger partial charge in [-0.1, -0.05) is 0 Å². The summed E-state index contributed by atoms with van der Waals surface area (Å²) in [5, 5.41) is 11.7. The third-order valence-electron chi connectivity index (χ3n) is 2.49. The van der Waals surface area contributed by atoms with E-state index in [4.69, 9.17) is 5.11 Å². The molecule has 0 aliphatic carbocycles. The molecule has 1 aromatic heterocycles. The molecule has 2 heterocycles. The molecule has 2 amide bonds. The molecule has 0 spiro atoms. The number of aromatic nitrogens is 1. The molecule has 19 heavy (non-hydrogen) atoms. The lowest BCUT2D eigenvalue weighted by Crippen LogP contribution is -2.34. The van der Waals surface area contributed by atoms with Crippen molar-refractivity contribution in [2.75, 3.05) is 23.5 Å². The van der Waals surface area contributed by atoms with Gasteiger partial charge in [-0.05, 0) is 18.5 Å². The van der Waals surface area contributed by atoms with E-state index in [1.54, 1.807) is 6.92 Å². The zero-order valence-corrected chi connectivity index (χ0v) is 11.6. The molecule has 0 atom stereocenters. The zero-order chi connectivity index (χ0) is 14.0. The van der Waals surface area contributed by atoms with Gasteiger partial charge in [0.05, 0.1) is 17.3 Å². The summed E-state index contributed by atoms with van der Waals surface area (Å²) in [5.74, 6) is -0.761. The number of carbonyl (C=O) groups excluding carboxylic acids is 2. The van der Waals surface area contributed by atoms with E-state index in [1.807, 2.05) is 0 Å². The smallest absolute Gasteiger partial charge is 0.340 e. The minimum absolute atomic E-state index is 0.000438. The molecule has 1 fully saturated rings.